The monoisotopic (exact) mass is 437 g/mol. The molecule has 3 aromatic carbocycles. The molecule has 0 N–H and O–H groups in total. The molecule has 148 valence electrons. The van der Waals surface area contributed by atoms with Crippen molar-refractivity contribution in [3.8, 4) is 5.75 Å². The third kappa shape index (κ3) is 5.37. The van der Waals surface area contributed by atoms with Crippen LogP contribution in [0, 0.1) is 0 Å². The molecule has 3 rings (SSSR count). The molecule has 8 heteroatoms. The van der Waals surface area contributed by atoms with Crippen LogP contribution < -0.4 is 4.74 Å². The number of carbonyl (C=O) groups is 1. The van der Waals surface area contributed by atoms with Crippen LogP contribution in [0.5, 0.6) is 5.75 Å². The topological polar surface area (TPSA) is 38.7 Å². The smallest absolute Gasteiger partial charge is 0.416 e. The molecule has 0 radical (unpaired) electrons. The number of benzene rings is 3. The Morgan fingerprint density at radius 1 is 0.966 bits per heavy atom. The maximum atomic E-state index is 12.9. The van der Waals surface area contributed by atoms with Gasteiger partial charge in [0, 0.05) is 16.8 Å². The maximum absolute atomic E-state index is 12.9. The van der Waals surface area contributed by atoms with Crippen molar-refractivity contribution in [1.82, 2.24) is 0 Å². The summed E-state index contributed by atoms with van der Waals surface area (Å²) in [5.41, 5.74) is -0.216. The van der Waals surface area contributed by atoms with Crippen LogP contribution in [0.4, 0.5) is 18.9 Å². The fourth-order valence-electron chi connectivity index (χ4n) is 2.42. The van der Waals surface area contributed by atoms with Crippen molar-refractivity contribution in [2.75, 3.05) is 0 Å². The molecule has 0 aliphatic heterocycles. The van der Waals surface area contributed by atoms with Crippen LogP contribution in [0.15, 0.2) is 71.7 Å². The van der Waals surface area contributed by atoms with E-state index in [-0.39, 0.29) is 27.0 Å². The van der Waals surface area contributed by atoms with E-state index in [2.05, 4.69) is 4.99 Å². The van der Waals surface area contributed by atoms with Crippen molar-refractivity contribution in [3.63, 3.8) is 0 Å². The molecule has 0 spiro atoms. The zero-order chi connectivity index (χ0) is 21.0. The van der Waals surface area contributed by atoms with Crippen LogP contribution in [-0.2, 0) is 6.18 Å². The maximum Gasteiger partial charge on any atom is 0.416 e. The highest BCUT2D eigenvalue weighted by Crippen LogP contribution is 2.34. The molecule has 0 aromatic heterocycles. The Balaban J connectivity index is 1.93. The van der Waals surface area contributed by atoms with E-state index in [1.165, 1.54) is 30.5 Å². The first-order chi connectivity index (χ1) is 13.7. The van der Waals surface area contributed by atoms with Crippen LogP contribution in [0.3, 0.4) is 0 Å². The minimum atomic E-state index is -4.48. The van der Waals surface area contributed by atoms with Gasteiger partial charge >= 0.3 is 12.1 Å². The SMILES string of the molecule is O=C(Oc1c(Cl)cc(Cl)cc1C=Nc1cccc(C(F)(F)F)c1)c1ccccc1. The van der Waals surface area contributed by atoms with E-state index in [1.54, 1.807) is 30.3 Å². The standard InChI is InChI=1S/C21H12Cl2F3NO2/c22-16-9-14(12-27-17-8-4-7-15(10-17)21(24,25)26)19(18(23)11-16)29-20(28)13-5-2-1-3-6-13/h1-12H. The summed E-state index contributed by atoms with van der Waals surface area (Å²) in [6.45, 7) is 0. The normalized spacial score (nSPS) is 11.6. The van der Waals surface area contributed by atoms with E-state index in [0.29, 0.717) is 5.56 Å². The Morgan fingerprint density at radius 2 is 1.69 bits per heavy atom. The molecule has 0 unspecified atom stereocenters. The number of alkyl halides is 3. The van der Waals surface area contributed by atoms with Crippen molar-refractivity contribution in [2.24, 2.45) is 4.99 Å². The van der Waals surface area contributed by atoms with Gasteiger partial charge in [-0.2, -0.15) is 13.2 Å². The molecular formula is C21H12Cl2F3NO2. The van der Waals surface area contributed by atoms with Crippen LogP contribution in [-0.4, -0.2) is 12.2 Å². The molecule has 0 bridgehead atoms. The lowest BCUT2D eigenvalue weighted by molar-refractivity contribution is -0.137. The molecule has 0 aliphatic carbocycles. The zero-order valence-corrected chi connectivity index (χ0v) is 16.1. The first-order valence-electron chi connectivity index (χ1n) is 8.21. The first-order valence-corrected chi connectivity index (χ1v) is 8.97. The number of halogens is 5. The summed E-state index contributed by atoms with van der Waals surface area (Å²) in [5.74, 6) is -0.649. The van der Waals surface area contributed by atoms with Gasteiger partial charge in [-0.3, -0.25) is 4.99 Å². The van der Waals surface area contributed by atoms with E-state index < -0.39 is 17.7 Å². The molecule has 0 saturated heterocycles. The summed E-state index contributed by atoms with van der Waals surface area (Å²) in [4.78, 5) is 16.4. The van der Waals surface area contributed by atoms with Crippen LogP contribution in [0.2, 0.25) is 10.0 Å². The van der Waals surface area contributed by atoms with Crippen LogP contribution >= 0.6 is 23.2 Å². The van der Waals surface area contributed by atoms with Gasteiger partial charge in [-0.15, -0.1) is 0 Å². The average molecular weight is 438 g/mol. The summed E-state index contributed by atoms with van der Waals surface area (Å²) in [6.07, 6.45) is -3.25. The summed E-state index contributed by atoms with van der Waals surface area (Å²) in [7, 11) is 0. The number of hydrogen-bond acceptors (Lipinski definition) is 3. The summed E-state index contributed by atoms with van der Waals surface area (Å²) >= 11 is 12.2. The number of ether oxygens (including phenoxy) is 1. The van der Waals surface area contributed by atoms with Gasteiger partial charge in [0.15, 0.2) is 5.75 Å². The van der Waals surface area contributed by atoms with Crippen molar-refractivity contribution in [2.45, 2.75) is 6.18 Å². The molecule has 0 atom stereocenters. The number of nitrogens with zero attached hydrogens (tertiary/aromatic N) is 1. The lowest BCUT2D eigenvalue weighted by Gasteiger charge is -2.10. The van der Waals surface area contributed by atoms with Gasteiger partial charge in [0.1, 0.15) is 0 Å². The predicted octanol–water partition coefficient (Wildman–Crippen LogP) is 6.98. The minimum Gasteiger partial charge on any atom is -0.421 e. The van der Waals surface area contributed by atoms with Crippen LogP contribution in [0.1, 0.15) is 21.5 Å². The predicted molar refractivity (Wildman–Crippen MR) is 107 cm³/mol. The Kier molecular flexibility index (Phi) is 6.25. The molecule has 3 nitrogen and oxygen atoms in total. The third-order valence-electron chi connectivity index (χ3n) is 3.77. The minimum absolute atomic E-state index is 0.000598. The highest BCUT2D eigenvalue weighted by Gasteiger charge is 2.30. The lowest BCUT2D eigenvalue weighted by Crippen LogP contribution is -2.10. The Bertz CT molecular complexity index is 1070. The Labute approximate surface area is 174 Å². The van der Waals surface area contributed by atoms with Crippen molar-refractivity contribution in [1.29, 1.82) is 0 Å². The average Bonchev–Trinajstić information content (AvgIpc) is 2.68. The van der Waals surface area contributed by atoms with Gasteiger partial charge < -0.3 is 4.74 Å². The summed E-state index contributed by atoms with van der Waals surface area (Å²) in [6, 6.07) is 15.6. The number of esters is 1. The van der Waals surface area contributed by atoms with Crippen molar-refractivity contribution < 1.29 is 22.7 Å². The quantitative estimate of drug-likeness (QED) is 0.250. The third-order valence-corrected chi connectivity index (χ3v) is 4.27. The van der Waals surface area contributed by atoms with Crippen LogP contribution in [0.25, 0.3) is 0 Å². The first kappa shape index (κ1) is 20.9. The number of carbonyl (C=O) groups excluding carboxylic acids is 1. The molecule has 29 heavy (non-hydrogen) atoms. The molecule has 3 aromatic rings. The second-order valence-electron chi connectivity index (χ2n) is 5.87. The van der Waals surface area contributed by atoms with E-state index in [9.17, 15) is 18.0 Å². The van der Waals surface area contributed by atoms with Crippen molar-refractivity contribution >= 4 is 41.1 Å². The number of hydrogen-bond donors (Lipinski definition) is 0. The second kappa shape index (κ2) is 8.68. The van der Waals surface area contributed by atoms with Gasteiger partial charge in [0.2, 0.25) is 0 Å². The summed E-state index contributed by atoms with van der Waals surface area (Å²) < 4.78 is 44.0. The molecule has 0 saturated carbocycles. The molecular weight excluding hydrogens is 426 g/mol. The van der Waals surface area contributed by atoms with Gasteiger partial charge in [-0.25, -0.2) is 4.79 Å². The highest BCUT2D eigenvalue weighted by atomic mass is 35.5. The largest absolute Gasteiger partial charge is 0.421 e. The van der Waals surface area contributed by atoms with E-state index in [4.69, 9.17) is 27.9 Å². The zero-order valence-electron chi connectivity index (χ0n) is 14.6. The highest BCUT2D eigenvalue weighted by molar-refractivity contribution is 6.36. The number of aliphatic imine (C=N–C) groups is 1. The second-order valence-corrected chi connectivity index (χ2v) is 6.71. The fraction of sp³-hybridized carbons (Fsp3) is 0.0476. The Morgan fingerprint density at radius 3 is 2.38 bits per heavy atom. The van der Waals surface area contributed by atoms with E-state index in [0.717, 1.165) is 12.1 Å². The Hall–Kier alpha value is -2.83. The summed E-state index contributed by atoms with van der Waals surface area (Å²) in [5, 5.41) is 0.312. The molecule has 0 fully saturated rings. The van der Waals surface area contributed by atoms with Gasteiger partial charge in [0.05, 0.1) is 21.8 Å². The van der Waals surface area contributed by atoms with Gasteiger partial charge in [0.25, 0.3) is 0 Å². The van der Waals surface area contributed by atoms with Gasteiger partial charge in [-0.05, 0) is 42.5 Å². The fourth-order valence-corrected chi connectivity index (χ4v) is 2.96. The lowest BCUT2D eigenvalue weighted by atomic mass is 10.2. The van der Waals surface area contributed by atoms with Crippen molar-refractivity contribution in [3.05, 3.63) is 93.5 Å². The molecule has 0 amide bonds. The molecule has 0 aliphatic rings. The van der Waals surface area contributed by atoms with E-state index in [1.807, 2.05) is 0 Å². The van der Waals surface area contributed by atoms with Gasteiger partial charge in [-0.1, -0.05) is 47.5 Å². The van der Waals surface area contributed by atoms with E-state index >= 15 is 0 Å². The molecule has 0 heterocycles. The number of rotatable bonds is 4.